The Morgan fingerprint density at radius 1 is 1.10 bits per heavy atom. The minimum atomic E-state index is 0.0277. The van der Waals surface area contributed by atoms with E-state index in [2.05, 4.69) is 31.6 Å². The summed E-state index contributed by atoms with van der Waals surface area (Å²) in [7, 11) is 3.55. The molecule has 0 aromatic carbocycles. The number of rotatable bonds is 6. The SMILES string of the molecule is CN(C)C(=O)CN=C(NC1CCCCC1)NC1CCN(Cc2ccccn2)CC1. The molecule has 2 heterocycles. The molecule has 160 valence electrons. The third-order valence-corrected chi connectivity index (χ3v) is 5.86. The van der Waals surface area contributed by atoms with Gasteiger partial charge in [-0.25, -0.2) is 4.99 Å². The van der Waals surface area contributed by atoms with Crippen molar-refractivity contribution < 1.29 is 4.79 Å². The van der Waals surface area contributed by atoms with Gasteiger partial charge in [0, 0.05) is 52.0 Å². The average Bonchev–Trinajstić information content (AvgIpc) is 2.74. The van der Waals surface area contributed by atoms with Crippen molar-refractivity contribution in [3.05, 3.63) is 30.1 Å². The van der Waals surface area contributed by atoms with Crippen LogP contribution in [0.1, 0.15) is 50.6 Å². The Labute approximate surface area is 175 Å². The molecule has 1 saturated carbocycles. The molecule has 1 aliphatic heterocycles. The molecule has 1 saturated heterocycles. The fraction of sp³-hybridized carbons (Fsp3) is 0.682. The van der Waals surface area contributed by atoms with Crippen molar-refractivity contribution in [1.82, 2.24) is 25.4 Å². The van der Waals surface area contributed by atoms with Crippen LogP contribution in [0, 0.1) is 0 Å². The Balaban J connectivity index is 1.51. The number of aliphatic imine (C=N–C) groups is 1. The van der Waals surface area contributed by atoms with Crippen molar-refractivity contribution in [2.75, 3.05) is 33.7 Å². The van der Waals surface area contributed by atoms with E-state index in [1.807, 2.05) is 18.3 Å². The predicted molar refractivity (Wildman–Crippen MR) is 117 cm³/mol. The number of amides is 1. The highest BCUT2D eigenvalue weighted by Crippen LogP contribution is 2.18. The molecule has 0 radical (unpaired) electrons. The fourth-order valence-electron chi connectivity index (χ4n) is 4.01. The van der Waals surface area contributed by atoms with Crippen molar-refractivity contribution in [2.24, 2.45) is 4.99 Å². The smallest absolute Gasteiger partial charge is 0.243 e. The van der Waals surface area contributed by atoms with Crippen LogP contribution in [0.5, 0.6) is 0 Å². The molecule has 2 aliphatic rings. The third kappa shape index (κ3) is 7.31. The predicted octanol–water partition coefficient (Wildman–Crippen LogP) is 2.00. The fourth-order valence-corrected chi connectivity index (χ4v) is 4.01. The molecule has 3 rings (SSSR count). The Morgan fingerprint density at radius 3 is 2.41 bits per heavy atom. The van der Waals surface area contributed by atoms with Gasteiger partial charge in [-0.2, -0.15) is 0 Å². The zero-order chi connectivity index (χ0) is 20.5. The first-order chi connectivity index (χ1) is 14.1. The van der Waals surface area contributed by atoms with Crippen LogP contribution in [0.3, 0.4) is 0 Å². The van der Waals surface area contributed by atoms with E-state index in [0.717, 1.165) is 44.1 Å². The van der Waals surface area contributed by atoms with Gasteiger partial charge in [0.1, 0.15) is 6.54 Å². The topological polar surface area (TPSA) is 72.9 Å². The number of guanidine groups is 1. The maximum atomic E-state index is 12.0. The Kier molecular flexibility index (Phi) is 8.28. The molecule has 1 amide bonds. The van der Waals surface area contributed by atoms with E-state index in [1.165, 1.54) is 32.1 Å². The van der Waals surface area contributed by atoms with Gasteiger partial charge in [-0.15, -0.1) is 0 Å². The van der Waals surface area contributed by atoms with Gasteiger partial charge >= 0.3 is 0 Å². The first-order valence-corrected chi connectivity index (χ1v) is 11.0. The lowest BCUT2D eigenvalue weighted by Gasteiger charge is -2.34. The zero-order valence-corrected chi connectivity index (χ0v) is 17.9. The van der Waals surface area contributed by atoms with Crippen LogP contribution < -0.4 is 10.6 Å². The normalized spacial score (nSPS) is 19.7. The van der Waals surface area contributed by atoms with Crippen molar-refractivity contribution in [3.63, 3.8) is 0 Å². The van der Waals surface area contributed by atoms with Crippen molar-refractivity contribution in [3.8, 4) is 0 Å². The molecule has 2 fully saturated rings. The Morgan fingerprint density at radius 2 is 1.79 bits per heavy atom. The van der Waals surface area contributed by atoms with Crippen LogP contribution in [0.4, 0.5) is 0 Å². The molecule has 0 bridgehead atoms. The number of aromatic nitrogens is 1. The molecule has 7 nitrogen and oxygen atoms in total. The van der Waals surface area contributed by atoms with Gasteiger partial charge in [0.15, 0.2) is 5.96 Å². The highest BCUT2D eigenvalue weighted by atomic mass is 16.2. The summed E-state index contributed by atoms with van der Waals surface area (Å²) in [6.45, 7) is 3.18. The number of piperidine rings is 1. The van der Waals surface area contributed by atoms with Crippen LogP contribution in [0.2, 0.25) is 0 Å². The second-order valence-electron chi connectivity index (χ2n) is 8.45. The van der Waals surface area contributed by atoms with E-state index >= 15 is 0 Å². The first-order valence-electron chi connectivity index (χ1n) is 11.0. The summed E-state index contributed by atoms with van der Waals surface area (Å²) in [5.41, 5.74) is 1.13. The number of likely N-dealkylation sites (tertiary alicyclic amines) is 1. The minimum Gasteiger partial charge on any atom is -0.354 e. The van der Waals surface area contributed by atoms with E-state index in [0.29, 0.717) is 12.1 Å². The summed E-state index contributed by atoms with van der Waals surface area (Å²) in [6.07, 6.45) is 10.2. The molecule has 0 spiro atoms. The number of hydrogen-bond donors (Lipinski definition) is 2. The van der Waals surface area contributed by atoms with Crippen LogP contribution in [0.25, 0.3) is 0 Å². The van der Waals surface area contributed by atoms with Crippen molar-refractivity contribution >= 4 is 11.9 Å². The summed E-state index contributed by atoms with van der Waals surface area (Å²) in [5.74, 6) is 0.829. The van der Waals surface area contributed by atoms with Crippen LogP contribution >= 0.6 is 0 Å². The van der Waals surface area contributed by atoms with Gasteiger partial charge in [0.2, 0.25) is 5.91 Å². The zero-order valence-electron chi connectivity index (χ0n) is 17.9. The van der Waals surface area contributed by atoms with Gasteiger partial charge in [-0.05, 0) is 37.8 Å². The van der Waals surface area contributed by atoms with Gasteiger partial charge in [0.05, 0.1) is 5.69 Å². The van der Waals surface area contributed by atoms with Gasteiger partial charge in [-0.3, -0.25) is 14.7 Å². The molecule has 0 atom stereocenters. The average molecular weight is 401 g/mol. The van der Waals surface area contributed by atoms with E-state index in [1.54, 1.807) is 19.0 Å². The highest BCUT2D eigenvalue weighted by molar-refractivity contribution is 5.85. The number of pyridine rings is 1. The standard InChI is InChI=1S/C22H36N6O/c1-27(2)21(29)16-24-22(25-18-8-4-3-5-9-18)26-19-11-14-28(15-12-19)17-20-10-6-7-13-23-20/h6-7,10,13,18-19H,3-5,8-9,11-12,14-17H2,1-2H3,(H2,24,25,26). The second-order valence-corrected chi connectivity index (χ2v) is 8.45. The highest BCUT2D eigenvalue weighted by Gasteiger charge is 2.22. The number of likely N-dealkylation sites (N-methyl/N-ethyl adjacent to an activating group) is 1. The van der Waals surface area contributed by atoms with Gasteiger partial charge < -0.3 is 15.5 Å². The summed E-state index contributed by atoms with van der Waals surface area (Å²) in [4.78, 5) is 25.1. The monoisotopic (exact) mass is 400 g/mol. The quantitative estimate of drug-likeness (QED) is 0.564. The molecule has 29 heavy (non-hydrogen) atoms. The van der Waals surface area contributed by atoms with Crippen LogP contribution in [-0.4, -0.2) is 72.5 Å². The lowest BCUT2D eigenvalue weighted by molar-refractivity contribution is -0.127. The van der Waals surface area contributed by atoms with E-state index in [-0.39, 0.29) is 12.5 Å². The second kappa shape index (κ2) is 11.1. The molecule has 1 aromatic heterocycles. The Hall–Kier alpha value is -2.15. The van der Waals surface area contributed by atoms with Crippen molar-refractivity contribution in [1.29, 1.82) is 0 Å². The molecule has 0 unspecified atom stereocenters. The van der Waals surface area contributed by atoms with Crippen LogP contribution in [-0.2, 0) is 11.3 Å². The number of carbonyl (C=O) groups is 1. The maximum Gasteiger partial charge on any atom is 0.243 e. The van der Waals surface area contributed by atoms with E-state index < -0.39 is 0 Å². The van der Waals surface area contributed by atoms with E-state index in [9.17, 15) is 4.79 Å². The number of hydrogen-bond acceptors (Lipinski definition) is 4. The minimum absolute atomic E-state index is 0.0277. The first kappa shape index (κ1) is 21.6. The van der Waals surface area contributed by atoms with Gasteiger partial charge in [0.25, 0.3) is 0 Å². The Bertz CT molecular complexity index is 649. The molecule has 1 aromatic rings. The van der Waals surface area contributed by atoms with E-state index in [4.69, 9.17) is 0 Å². The molecule has 7 heteroatoms. The van der Waals surface area contributed by atoms with Gasteiger partial charge in [-0.1, -0.05) is 25.3 Å². The lowest BCUT2D eigenvalue weighted by atomic mass is 9.95. The number of nitrogens with one attached hydrogen (secondary N) is 2. The largest absolute Gasteiger partial charge is 0.354 e. The molecule has 1 aliphatic carbocycles. The molecular formula is C22H36N6O. The third-order valence-electron chi connectivity index (χ3n) is 5.86. The number of nitrogens with zero attached hydrogens (tertiary/aromatic N) is 4. The summed E-state index contributed by atoms with van der Waals surface area (Å²) < 4.78 is 0. The lowest BCUT2D eigenvalue weighted by Crippen LogP contribution is -2.51. The van der Waals surface area contributed by atoms with Crippen LogP contribution in [0.15, 0.2) is 29.4 Å². The summed E-state index contributed by atoms with van der Waals surface area (Å²) >= 11 is 0. The summed E-state index contributed by atoms with van der Waals surface area (Å²) in [5, 5.41) is 7.20. The maximum absolute atomic E-state index is 12.0. The number of carbonyl (C=O) groups excluding carboxylic acids is 1. The molecule has 2 N–H and O–H groups in total. The summed E-state index contributed by atoms with van der Waals surface area (Å²) in [6, 6.07) is 6.95. The molecular weight excluding hydrogens is 364 g/mol. The van der Waals surface area contributed by atoms with Crippen molar-refractivity contribution in [2.45, 2.75) is 63.6 Å².